The third-order valence-electron chi connectivity index (χ3n) is 3.04. The van der Waals surface area contributed by atoms with Gasteiger partial charge in [0.05, 0.1) is 6.10 Å². The van der Waals surface area contributed by atoms with Crippen molar-refractivity contribution in [3.63, 3.8) is 0 Å². The molecule has 1 unspecified atom stereocenters. The molecular formula is C12H18N2O. The van der Waals surface area contributed by atoms with Crippen molar-refractivity contribution >= 4 is 11.4 Å². The van der Waals surface area contributed by atoms with Crippen LogP contribution in [-0.2, 0) is 11.2 Å². The van der Waals surface area contributed by atoms with Gasteiger partial charge in [-0.15, -0.1) is 0 Å². The topological polar surface area (TPSA) is 38.5 Å². The third kappa shape index (κ3) is 1.92. The monoisotopic (exact) mass is 206 g/mol. The molecule has 1 atom stereocenters. The summed E-state index contributed by atoms with van der Waals surface area (Å²) >= 11 is 0. The van der Waals surface area contributed by atoms with Crippen LogP contribution in [-0.4, -0.2) is 26.3 Å². The van der Waals surface area contributed by atoms with E-state index >= 15 is 0 Å². The molecule has 0 spiro atoms. The fourth-order valence-electron chi connectivity index (χ4n) is 2.10. The second-order valence-corrected chi connectivity index (χ2v) is 4.09. The lowest BCUT2D eigenvalue weighted by atomic mass is 10.1. The molecule has 1 aromatic rings. The van der Waals surface area contributed by atoms with E-state index in [-0.39, 0.29) is 6.10 Å². The zero-order chi connectivity index (χ0) is 10.8. The minimum Gasteiger partial charge on any atom is -0.398 e. The van der Waals surface area contributed by atoms with E-state index in [0.717, 1.165) is 25.2 Å². The van der Waals surface area contributed by atoms with E-state index in [4.69, 9.17) is 10.5 Å². The van der Waals surface area contributed by atoms with Crippen molar-refractivity contribution in [3.05, 3.63) is 23.8 Å². The van der Waals surface area contributed by atoms with Gasteiger partial charge >= 0.3 is 0 Å². The van der Waals surface area contributed by atoms with Crippen LogP contribution in [0.4, 0.5) is 11.4 Å². The number of rotatable bonds is 3. The minimum atomic E-state index is 0.261. The molecule has 3 heteroatoms. The highest BCUT2D eigenvalue weighted by molar-refractivity contribution is 5.68. The third-order valence-corrected chi connectivity index (χ3v) is 3.04. The van der Waals surface area contributed by atoms with Crippen LogP contribution in [0.1, 0.15) is 12.5 Å². The van der Waals surface area contributed by atoms with E-state index in [1.54, 1.807) is 7.11 Å². The number of nitrogen functional groups attached to an aromatic ring is 1. The van der Waals surface area contributed by atoms with Gasteiger partial charge in [-0.2, -0.15) is 0 Å². The number of anilines is 2. The molecule has 0 saturated carbocycles. The molecule has 0 amide bonds. The van der Waals surface area contributed by atoms with E-state index in [1.165, 1.54) is 11.3 Å². The Labute approximate surface area is 90.8 Å². The first-order chi connectivity index (χ1) is 7.22. The standard InChI is InChI=1S/C12H18N2O/c1-9(15-2)8-14-7-6-10-11(13)4-3-5-12(10)14/h3-5,9H,6-8,13H2,1-2H3. The summed E-state index contributed by atoms with van der Waals surface area (Å²) in [6, 6.07) is 6.13. The number of methoxy groups -OCH3 is 1. The molecule has 1 heterocycles. The van der Waals surface area contributed by atoms with Crippen molar-refractivity contribution in [2.24, 2.45) is 0 Å². The Kier molecular flexibility index (Phi) is 2.82. The Morgan fingerprint density at radius 3 is 3.07 bits per heavy atom. The largest absolute Gasteiger partial charge is 0.398 e. The number of nitrogens with two attached hydrogens (primary N) is 1. The average molecular weight is 206 g/mol. The molecule has 82 valence electrons. The lowest BCUT2D eigenvalue weighted by molar-refractivity contribution is 0.123. The predicted molar refractivity (Wildman–Crippen MR) is 63.2 cm³/mol. The summed E-state index contributed by atoms with van der Waals surface area (Å²) < 4.78 is 5.28. The first-order valence-electron chi connectivity index (χ1n) is 5.37. The number of benzene rings is 1. The Morgan fingerprint density at radius 1 is 1.53 bits per heavy atom. The molecular weight excluding hydrogens is 188 g/mol. The summed E-state index contributed by atoms with van der Waals surface area (Å²) in [4.78, 5) is 2.35. The Balaban J connectivity index is 2.18. The number of hydrogen-bond donors (Lipinski definition) is 1. The van der Waals surface area contributed by atoms with Gasteiger partial charge < -0.3 is 15.4 Å². The molecule has 0 fully saturated rings. The molecule has 0 bridgehead atoms. The van der Waals surface area contributed by atoms with Crippen LogP contribution in [0.2, 0.25) is 0 Å². The van der Waals surface area contributed by atoms with Gasteiger partial charge in [0.1, 0.15) is 0 Å². The average Bonchev–Trinajstić information content (AvgIpc) is 2.63. The van der Waals surface area contributed by atoms with Crippen LogP contribution in [0.5, 0.6) is 0 Å². The maximum atomic E-state index is 5.94. The van der Waals surface area contributed by atoms with Crippen LogP contribution < -0.4 is 10.6 Å². The molecule has 2 rings (SSSR count). The summed E-state index contributed by atoms with van der Waals surface area (Å²) in [5.74, 6) is 0. The summed E-state index contributed by atoms with van der Waals surface area (Å²) in [6.45, 7) is 4.08. The van der Waals surface area contributed by atoms with E-state index in [2.05, 4.69) is 17.9 Å². The van der Waals surface area contributed by atoms with Crippen molar-refractivity contribution in [2.45, 2.75) is 19.4 Å². The number of hydrogen-bond acceptors (Lipinski definition) is 3. The molecule has 2 N–H and O–H groups in total. The highest BCUT2D eigenvalue weighted by atomic mass is 16.5. The van der Waals surface area contributed by atoms with Gasteiger partial charge in [-0.1, -0.05) is 6.07 Å². The molecule has 15 heavy (non-hydrogen) atoms. The minimum absolute atomic E-state index is 0.261. The molecule has 3 nitrogen and oxygen atoms in total. The molecule has 0 saturated heterocycles. The summed E-state index contributed by atoms with van der Waals surface area (Å²) in [7, 11) is 1.75. The smallest absolute Gasteiger partial charge is 0.0718 e. The first kappa shape index (κ1) is 10.3. The van der Waals surface area contributed by atoms with Crippen molar-refractivity contribution < 1.29 is 4.74 Å². The second-order valence-electron chi connectivity index (χ2n) is 4.09. The summed E-state index contributed by atoms with van der Waals surface area (Å²) in [5.41, 5.74) is 9.43. The molecule has 0 aromatic heterocycles. The number of fused-ring (bicyclic) bond motifs is 1. The zero-order valence-corrected chi connectivity index (χ0v) is 9.36. The lowest BCUT2D eigenvalue weighted by Crippen LogP contribution is -2.30. The summed E-state index contributed by atoms with van der Waals surface area (Å²) in [5, 5.41) is 0. The summed E-state index contributed by atoms with van der Waals surface area (Å²) in [6.07, 6.45) is 1.32. The van der Waals surface area contributed by atoms with E-state index < -0.39 is 0 Å². The maximum absolute atomic E-state index is 5.94. The van der Waals surface area contributed by atoms with Gasteiger partial charge in [0.25, 0.3) is 0 Å². The van der Waals surface area contributed by atoms with Crippen LogP contribution in [0.15, 0.2) is 18.2 Å². The second kappa shape index (κ2) is 4.11. The van der Waals surface area contributed by atoms with Gasteiger partial charge in [0.15, 0.2) is 0 Å². The highest BCUT2D eigenvalue weighted by Gasteiger charge is 2.21. The normalized spacial score (nSPS) is 16.5. The van der Waals surface area contributed by atoms with Crippen molar-refractivity contribution in [1.29, 1.82) is 0 Å². The van der Waals surface area contributed by atoms with E-state index in [9.17, 15) is 0 Å². The van der Waals surface area contributed by atoms with Crippen molar-refractivity contribution in [3.8, 4) is 0 Å². The molecule has 1 aromatic carbocycles. The van der Waals surface area contributed by atoms with E-state index in [0.29, 0.717) is 0 Å². The molecule has 0 radical (unpaired) electrons. The Hall–Kier alpha value is -1.22. The molecule has 1 aliphatic rings. The highest BCUT2D eigenvalue weighted by Crippen LogP contribution is 2.31. The zero-order valence-electron chi connectivity index (χ0n) is 9.36. The predicted octanol–water partition coefficient (Wildman–Crippen LogP) is 1.67. The van der Waals surface area contributed by atoms with Gasteiger partial charge in [-0.05, 0) is 25.5 Å². The maximum Gasteiger partial charge on any atom is 0.0718 e. The lowest BCUT2D eigenvalue weighted by Gasteiger charge is -2.22. The quantitative estimate of drug-likeness (QED) is 0.764. The Morgan fingerprint density at radius 2 is 2.33 bits per heavy atom. The first-order valence-corrected chi connectivity index (χ1v) is 5.37. The van der Waals surface area contributed by atoms with Crippen LogP contribution in [0, 0.1) is 0 Å². The number of nitrogens with zero attached hydrogens (tertiary/aromatic N) is 1. The van der Waals surface area contributed by atoms with Gasteiger partial charge in [-0.25, -0.2) is 0 Å². The van der Waals surface area contributed by atoms with Crippen LogP contribution in [0.3, 0.4) is 0 Å². The van der Waals surface area contributed by atoms with Crippen LogP contribution in [0.25, 0.3) is 0 Å². The van der Waals surface area contributed by atoms with Gasteiger partial charge in [0, 0.05) is 37.1 Å². The fourth-order valence-corrected chi connectivity index (χ4v) is 2.10. The molecule has 0 aliphatic carbocycles. The molecule has 1 aliphatic heterocycles. The van der Waals surface area contributed by atoms with Gasteiger partial charge in [0.2, 0.25) is 0 Å². The van der Waals surface area contributed by atoms with Crippen molar-refractivity contribution in [2.75, 3.05) is 30.8 Å². The van der Waals surface area contributed by atoms with E-state index in [1.807, 2.05) is 12.1 Å². The number of ether oxygens (including phenoxy) is 1. The SMILES string of the molecule is COC(C)CN1CCc2c(N)cccc21. The van der Waals surface area contributed by atoms with Crippen molar-refractivity contribution in [1.82, 2.24) is 0 Å². The fraction of sp³-hybridized carbons (Fsp3) is 0.500. The van der Waals surface area contributed by atoms with Crippen LogP contribution >= 0.6 is 0 Å². The Bertz CT molecular complexity index is 351. The van der Waals surface area contributed by atoms with Gasteiger partial charge in [-0.3, -0.25) is 0 Å².